The lowest BCUT2D eigenvalue weighted by Gasteiger charge is -2.29. The molecule has 0 radical (unpaired) electrons. The molecule has 3 rings (SSSR count). The summed E-state index contributed by atoms with van der Waals surface area (Å²) in [6.07, 6.45) is 8.62. The number of nitrogens with one attached hydrogen (secondary N) is 2. The Labute approximate surface area is 133 Å². The van der Waals surface area contributed by atoms with Crippen LogP contribution in [0.25, 0.3) is 0 Å². The van der Waals surface area contributed by atoms with Crippen LogP contribution in [0.15, 0.2) is 23.6 Å². The van der Waals surface area contributed by atoms with E-state index >= 15 is 0 Å². The Bertz CT molecular complexity index is 532. The Balaban J connectivity index is 1.42. The largest absolute Gasteiger partial charge is 0.352 e. The van der Waals surface area contributed by atoms with Gasteiger partial charge in [0.05, 0.1) is 0 Å². The average Bonchev–Trinajstić information content (AvgIpc) is 2.97. The van der Waals surface area contributed by atoms with Gasteiger partial charge in [0.15, 0.2) is 5.16 Å². The van der Waals surface area contributed by atoms with Crippen molar-refractivity contribution in [1.29, 1.82) is 0 Å². The topological polar surface area (TPSA) is 84.0 Å². The highest BCUT2D eigenvalue weighted by molar-refractivity contribution is 7.99. The second kappa shape index (κ2) is 7.09. The molecule has 2 aliphatic rings. The van der Waals surface area contributed by atoms with E-state index in [-0.39, 0.29) is 23.9 Å². The maximum atomic E-state index is 12.1. The van der Waals surface area contributed by atoms with Gasteiger partial charge in [0.1, 0.15) is 6.04 Å². The van der Waals surface area contributed by atoms with Crippen molar-refractivity contribution in [1.82, 2.24) is 20.6 Å². The third kappa shape index (κ3) is 3.97. The molecule has 1 atom stereocenters. The Kier molecular flexibility index (Phi) is 4.92. The van der Waals surface area contributed by atoms with Gasteiger partial charge in [-0.2, -0.15) is 0 Å². The summed E-state index contributed by atoms with van der Waals surface area (Å²) in [5, 5.41) is 7.12. The summed E-state index contributed by atoms with van der Waals surface area (Å²) in [5.41, 5.74) is 0. The zero-order valence-corrected chi connectivity index (χ0v) is 13.1. The highest BCUT2D eigenvalue weighted by atomic mass is 32.2. The molecule has 1 aliphatic heterocycles. The highest BCUT2D eigenvalue weighted by Crippen LogP contribution is 2.31. The van der Waals surface area contributed by atoms with Gasteiger partial charge >= 0.3 is 0 Å². The highest BCUT2D eigenvalue weighted by Gasteiger charge is 2.30. The minimum Gasteiger partial charge on any atom is -0.352 e. The van der Waals surface area contributed by atoms with Crippen LogP contribution >= 0.6 is 11.8 Å². The minimum absolute atomic E-state index is 0.0249. The van der Waals surface area contributed by atoms with Gasteiger partial charge in [0.2, 0.25) is 11.8 Å². The molecule has 2 amide bonds. The number of rotatable bonds is 4. The van der Waals surface area contributed by atoms with E-state index in [1.54, 1.807) is 24.2 Å². The fraction of sp³-hybridized carbons (Fsp3) is 0.600. The van der Waals surface area contributed by atoms with Crippen LogP contribution in [0.3, 0.4) is 0 Å². The van der Waals surface area contributed by atoms with E-state index in [1.807, 2.05) is 6.07 Å². The first-order valence-corrected chi connectivity index (χ1v) is 8.62. The molecule has 118 valence electrons. The molecule has 0 aromatic carbocycles. The number of hydrogen-bond donors (Lipinski definition) is 2. The Morgan fingerprint density at radius 2 is 1.91 bits per heavy atom. The normalized spacial score (nSPS) is 28.2. The van der Waals surface area contributed by atoms with E-state index in [9.17, 15) is 9.59 Å². The molecule has 2 heterocycles. The van der Waals surface area contributed by atoms with Crippen LogP contribution in [-0.4, -0.2) is 39.1 Å². The lowest BCUT2D eigenvalue weighted by Crippen LogP contribution is -2.47. The number of carbonyl (C=O) groups is 2. The van der Waals surface area contributed by atoms with Crippen molar-refractivity contribution in [3.63, 3.8) is 0 Å². The van der Waals surface area contributed by atoms with Crippen LogP contribution in [0.5, 0.6) is 0 Å². The van der Waals surface area contributed by atoms with Crippen LogP contribution in [0.1, 0.15) is 38.5 Å². The third-order valence-corrected chi connectivity index (χ3v) is 5.37. The van der Waals surface area contributed by atoms with Crippen LogP contribution < -0.4 is 10.6 Å². The molecule has 1 saturated heterocycles. The van der Waals surface area contributed by atoms with Gasteiger partial charge in [-0.3, -0.25) is 9.59 Å². The number of thioether (sulfide) groups is 1. The first-order chi connectivity index (χ1) is 10.7. The number of nitrogens with zero attached hydrogens (tertiary/aromatic N) is 2. The number of amides is 2. The Morgan fingerprint density at radius 3 is 2.55 bits per heavy atom. The van der Waals surface area contributed by atoms with Crippen molar-refractivity contribution in [2.45, 2.75) is 61.0 Å². The summed E-state index contributed by atoms with van der Waals surface area (Å²) < 4.78 is 0. The predicted molar refractivity (Wildman–Crippen MR) is 83.2 cm³/mol. The minimum atomic E-state index is -0.336. The molecular formula is C15H20N4O2S. The van der Waals surface area contributed by atoms with E-state index in [1.165, 1.54) is 0 Å². The summed E-state index contributed by atoms with van der Waals surface area (Å²) >= 11 is 1.72. The van der Waals surface area contributed by atoms with Crippen LogP contribution in [0, 0.1) is 0 Å². The molecule has 1 aliphatic carbocycles. The van der Waals surface area contributed by atoms with Crippen LogP contribution in [0.4, 0.5) is 0 Å². The number of carbonyl (C=O) groups excluding carboxylic acids is 2. The zero-order valence-electron chi connectivity index (χ0n) is 12.3. The molecule has 7 heteroatoms. The summed E-state index contributed by atoms with van der Waals surface area (Å²) in [7, 11) is 0. The van der Waals surface area contributed by atoms with Gasteiger partial charge in [-0.1, -0.05) is 11.8 Å². The first kappa shape index (κ1) is 15.3. The lowest BCUT2D eigenvalue weighted by molar-refractivity contribution is -0.126. The maximum absolute atomic E-state index is 12.1. The number of aromatic nitrogens is 2. The second-order valence-electron chi connectivity index (χ2n) is 5.79. The van der Waals surface area contributed by atoms with E-state index in [4.69, 9.17) is 0 Å². The Hall–Kier alpha value is -1.63. The molecule has 2 fully saturated rings. The van der Waals surface area contributed by atoms with Crippen molar-refractivity contribution < 1.29 is 9.59 Å². The second-order valence-corrected chi connectivity index (χ2v) is 7.06. The van der Waals surface area contributed by atoms with E-state index in [2.05, 4.69) is 20.6 Å². The van der Waals surface area contributed by atoms with Crippen LogP contribution in [0.2, 0.25) is 0 Å². The van der Waals surface area contributed by atoms with Gasteiger partial charge in [-0.25, -0.2) is 9.97 Å². The van der Waals surface area contributed by atoms with Gasteiger partial charge in [-0.15, -0.1) is 0 Å². The van der Waals surface area contributed by atoms with Crippen molar-refractivity contribution in [3.8, 4) is 0 Å². The molecule has 6 nitrogen and oxygen atoms in total. The van der Waals surface area contributed by atoms with Gasteiger partial charge < -0.3 is 10.6 Å². The fourth-order valence-corrected chi connectivity index (χ4v) is 3.98. The smallest absolute Gasteiger partial charge is 0.242 e. The SMILES string of the molecule is O=C1CCC(C(=O)NC2CCC(Sc3ncccn3)CC2)N1. The van der Waals surface area contributed by atoms with Crippen molar-refractivity contribution in [2.75, 3.05) is 0 Å². The molecule has 22 heavy (non-hydrogen) atoms. The number of hydrogen-bond acceptors (Lipinski definition) is 5. The molecule has 1 aromatic heterocycles. The molecular weight excluding hydrogens is 300 g/mol. The Morgan fingerprint density at radius 1 is 1.18 bits per heavy atom. The van der Waals surface area contributed by atoms with Crippen molar-refractivity contribution >= 4 is 23.6 Å². The summed E-state index contributed by atoms with van der Waals surface area (Å²) in [6.45, 7) is 0. The fourth-order valence-electron chi connectivity index (χ4n) is 2.93. The summed E-state index contributed by atoms with van der Waals surface area (Å²) in [5.74, 6) is -0.0588. The maximum Gasteiger partial charge on any atom is 0.242 e. The summed E-state index contributed by atoms with van der Waals surface area (Å²) in [6, 6.07) is 1.70. The van der Waals surface area contributed by atoms with E-state index in [0.717, 1.165) is 30.8 Å². The molecule has 1 saturated carbocycles. The molecule has 1 aromatic rings. The third-order valence-electron chi connectivity index (χ3n) is 4.15. The summed E-state index contributed by atoms with van der Waals surface area (Å²) in [4.78, 5) is 31.7. The zero-order chi connectivity index (χ0) is 15.4. The monoisotopic (exact) mass is 320 g/mol. The van der Waals surface area contributed by atoms with Crippen molar-refractivity contribution in [2.24, 2.45) is 0 Å². The molecule has 0 bridgehead atoms. The average molecular weight is 320 g/mol. The van der Waals surface area contributed by atoms with Crippen LogP contribution in [-0.2, 0) is 9.59 Å². The predicted octanol–water partition coefficient (Wildman–Crippen LogP) is 1.27. The quantitative estimate of drug-likeness (QED) is 0.816. The molecule has 1 unspecified atom stereocenters. The first-order valence-electron chi connectivity index (χ1n) is 7.74. The van der Waals surface area contributed by atoms with Gasteiger partial charge in [-0.05, 0) is 38.2 Å². The van der Waals surface area contributed by atoms with Crippen molar-refractivity contribution in [3.05, 3.63) is 18.5 Å². The standard InChI is InChI=1S/C15H20N4O2S/c20-13-7-6-12(19-13)14(21)18-10-2-4-11(5-3-10)22-15-16-8-1-9-17-15/h1,8-12H,2-7H2,(H,18,21)(H,19,20). The van der Waals surface area contributed by atoms with E-state index in [0.29, 0.717) is 18.1 Å². The van der Waals surface area contributed by atoms with Gasteiger partial charge in [0.25, 0.3) is 0 Å². The van der Waals surface area contributed by atoms with Gasteiger partial charge in [0, 0.05) is 30.1 Å². The molecule has 0 spiro atoms. The molecule has 2 N–H and O–H groups in total. The van der Waals surface area contributed by atoms with E-state index < -0.39 is 0 Å². The lowest BCUT2D eigenvalue weighted by atomic mass is 9.94.